The average Bonchev–Trinajstić information content (AvgIpc) is 2.18. The molecular formula is C9H9F3O2S. The summed E-state index contributed by atoms with van der Waals surface area (Å²) in [6.07, 6.45) is -0.813. The highest BCUT2D eigenvalue weighted by Crippen LogP contribution is 2.31. The van der Waals surface area contributed by atoms with Gasteiger partial charge in [0.25, 0.3) is 0 Å². The minimum atomic E-state index is -4.71. The summed E-state index contributed by atoms with van der Waals surface area (Å²) in [7, 11) is -4.71. The summed E-state index contributed by atoms with van der Waals surface area (Å²) >= 11 is 0. The molecule has 0 bridgehead atoms. The van der Waals surface area contributed by atoms with Gasteiger partial charge in [-0.25, -0.2) is 12.8 Å². The second-order valence-corrected chi connectivity index (χ2v) is 5.02. The normalized spacial score (nSPS) is 12.8. The average molecular weight is 238 g/mol. The zero-order valence-electron chi connectivity index (χ0n) is 7.88. The van der Waals surface area contributed by atoms with Crippen LogP contribution in [-0.4, -0.2) is 13.7 Å². The zero-order valence-corrected chi connectivity index (χ0v) is 8.69. The quantitative estimate of drug-likeness (QED) is 0.758. The lowest BCUT2D eigenvalue weighted by Gasteiger charge is -2.14. The topological polar surface area (TPSA) is 34.1 Å². The molecule has 0 fully saturated rings. The van der Waals surface area contributed by atoms with Crippen molar-refractivity contribution in [2.45, 2.75) is 23.5 Å². The molecule has 84 valence electrons. The number of benzene rings is 1. The van der Waals surface area contributed by atoms with Gasteiger partial charge >= 0.3 is 5.25 Å². The Morgan fingerprint density at radius 2 is 1.67 bits per heavy atom. The van der Waals surface area contributed by atoms with Gasteiger partial charge < -0.3 is 0 Å². The van der Waals surface area contributed by atoms with E-state index >= 15 is 0 Å². The molecule has 0 aliphatic rings. The number of sulfone groups is 1. The molecule has 0 aliphatic carbocycles. The summed E-state index contributed by atoms with van der Waals surface area (Å²) in [5.74, 6) is -0.672. The smallest absolute Gasteiger partial charge is 0.217 e. The number of halogens is 3. The lowest BCUT2D eigenvalue weighted by atomic mass is 10.4. The molecule has 0 heterocycles. The molecule has 0 atom stereocenters. The molecule has 2 nitrogen and oxygen atoms in total. The fourth-order valence-corrected chi connectivity index (χ4v) is 2.20. The van der Waals surface area contributed by atoms with Crippen molar-refractivity contribution in [1.29, 1.82) is 0 Å². The Balaban J connectivity index is 3.24. The standard InChI is InChI=1S/C9H9F3O2S/c1-2-9(11,12)15(13,14)8-5-3-7(10)4-6-8/h3-6H,2H2,1H3. The third kappa shape index (κ3) is 2.14. The van der Waals surface area contributed by atoms with E-state index < -0.39 is 32.2 Å². The third-order valence-corrected chi connectivity index (χ3v) is 3.90. The molecule has 1 aromatic carbocycles. The van der Waals surface area contributed by atoms with E-state index in [1.54, 1.807) is 0 Å². The molecule has 15 heavy (non-hydrogen) atoms. The van der Waals surface area contributed by atoms with Crippen LogP contribution in [0.4, 0.5) is 13.2 Å². The van der Waals surface area contributed by atoms with Crippen LogP contribution < -0.4 is 0 Å². The van der Waals surface area contributed by atoms with Crippen LogP contribution in [0.2, 0.25) is 0 Å². The summed E-state index contributed by atoms with van der Waals surface area (Å²) in [6, 6.07) is 3.32. The maximum Gasteiger partial charge on any atom is 0.349 e. The number of hydrogen-bond acceptors (Lipinski definition) is 2. The SMILES string of the molecule is CCC(F)(F)S(=O)(=O)c1ccc(F)cc1. The van der Waals surface area contributed by atoms with Gasteiger partial charge in [0.2, 0.25) is 9.84 Å². The number of hydrogen-bond donors (Lipinski definition) is 0. The summed E-state index contributed by atoms with van der Waals surface area (Å²) in [5, 5.41) is -3.81. The van der Waals surface area contributed by atoms with Crippen LogP contribution in [0.15, 0.2) is 29.2 Å². The van der Waals surface area contributed by atoms with Crippen molar-refractivity contribution in [3.63, 3.8) is 0 Å². The van der Waals surface area contributed by atoms with Gasteiger partial charge in [0, 0.05) is 6.42 Å². The molecular weight excluding hydrogens is 229 g/mol. The Bertz CT molecular complexity index is 437. The van der Waals surface area contributed by atoms with Crippen molar-refractivity contribution in [1.82, 2.24) is 0 Å². The maximum atomic E-state index is 13.0. The molecule has 0 amide bonds. The van der Waals surface area contributed by atoms with Crippen molar-refractivity contribution < 1.29 is 21.6 Å². The predicted octanol–water partition coefficient (Wildman–Crippen LogP) is 2.60. The van der Waals surface area contributed by atoms with E-state index in [2.05, 4.69) is 0 Å². The van der Waals surface area contributed by atoms with Gasteiger partial charge in [-0.1, -0.05) is 6.92 Å². The van der Waals surface area contributed by atoms with Crippen LogP contribution in [0.3, 0.4) is 0 Å². The zero-order chi connectivity index (χ0) is 11.7. The second-order valence-electron chi connectivity index (χ2n) is 2.95. The first kappa shape index (κ1) is 12.0. The fourth-order valence-electron chi connectivity index (χ4n) is 0.976. The van der Waals surface area contributed by atoms with Crippen LogP contribution in [0.5, 0.6) is 0 Å². The van der Waals surface area contributed by atoms with E-state index in [9.17, 15) is 21.6 Å². The Morgan fingerprint density at radius 1 is 1.20 bits per heavy atom. The van der Waals surface area contributed by atoms with Crippen molar-refractivity contribution in [2.24, 2.45) is 0 Å². The van der Waals surface area contributed by atoms with Gasteiger partial charge in [0.05, 0.1) is 4.90 Å². The van der Waals surface area contributed by atoms with Gasteiger partial charge in [-0.05, 0) is 24.3 Å². The van der Waals surface area contributed by atoms with Crippen molar-refractivity contribution in [3.05, 3.63) is 30.1 Å². The molecule has 1 aromatic rings. The number of alkyl halides is 2. The van der Waals surface area contributed by atoms with Crippen LogP contribution in [0, 0.1) is 5.82 Å². The molecule has 0 aliphatic heterocycles. The minimum Gasteiger partial charge on any atom is -0.217 e. The molecule has 6 heteroatoms. The molecule has 0 unspecified atom stereocenters. The predicted molar refractivity (Wildman–Crippen MR) is 48.8 cm³/mol. The first-order chi connectivity index (χ1) is 6.81. The summed E-state index contributed by atoms with van der Waals surface area (Å²) in [5.41, 5.74) is 0. The van der Waals surface area contributed by atoms with Crippen LogP contribution in [0.25, 0.3) is 0 Å². The van der Waals surface area contributed by atoms with Gasteiger partial charge in [-0.15, -0.1) is 0 Å². The monoisotopic (exact) mass is 238 g/mol. The van der Waals surface area contributed by atoms with E-state index in [0.29, 0.717) is 0 Å². The lowest BCUT2D eigenvalue weighted by Crippen LogP contribution is -2.27. The summed E-state index contributed by atoms with van der Waals surface area (Å²) in [6.45, 7) is 1.07. The molecule has 0 N–H and O–H groups in total. The van der Waals surface area contributed by atoms with Crippen LogP contribution >= 0.6 is 0 Å². The fraction of sp³-hybridized carbons (Fsp3) is 0.333. The highest BCUT2D eigenvalue weighted by Gasteiger charge is 2.43. The molecule has 0 saturated heterocycles. The van der Waals surface area contributed by atoms with Crippen molar-refractivity contribution in [3.8, 4) is 0 Å². The van der Waals surface area contributed by atoms with E-state index in [0.717, 1.165) is 31.2 Å². The van der Waals surface area contributed by atoms with Crippen molar-refractivity contribution in [2.75, 3.05) is 0 Å². The van der Waals surface area contributed by atoms with Crippen LogP contribution in [-0.2, 0) is 9.84 Å². The van der Waals surface area contributed by atoms with Crippen molar-refractivity contribution >= 4 is 9.84 Å². The minimum absolute atomic E-state index is 0.573. The van der Waals surface area contributed by atoms with E-state index in [4.69, 9.17) is 0 Å². The van der Waals surface area contributed by atoms with E-state index in [1.165, 1.54) is 0 Å². The van der Waals surface area contributed by atoms with Gasteiger partial charge in [-0.2, -0.15) is 8.78 Å². The molecule has 0 radical (unpaired) electrons. The Morgan fingerprint density at radius 3 is 2.07 bits per heavy atom. The highest BCUT2D eigenvalue weighted by atomic mass is 32.2. The van der Waals surface area contributed by atoms with Gasteiger partial charge in [-0.3, -0.25) is 0 Å². The van der Waals surface area contributed by atoms with Gasteiger partial charge in [0.15, 0.2) is 0 Å². The third-order valence-electron chi connectivity index (χ3n) is 1.93. The largest absolute Gasteiger partial charge is 0.349 e. The molecule has 0 aromatic heterocycles. The Kier molecular flexibility index (Phi) is 3.08. The van der Waals surface area contributed by atoms with Crippen LogP contribution in [0.1, 0.15) is 13.3 Å². The molecule has 1 rings (SSSR count). The molecule has 0 saturated carbocycles. The maximum absolute atomic E-state index is 13.0. The van der Waals surface area contributed by atoms with E-state index in [1.807, 2.05) is 0 Å². The lowest BCUT2D eigenvalue weighted by molar-refractivity contribution is 0.0878. The number of rotatable bonds is 3. The highest BCUT2D eigenvalue weighted by molar-refractivity contribution is 7.92. The Hall–Kier alpha value is -1.04. The van der Waals surface area contributed by atoms with Gasteiger partial charge in [0.1, 0.15) is 5.82 Å². The first-order valence-corrected chi connectivity index (χ1v) is 5.67. The van der Waals surface area contributed by atoms with E-state index in [-0.39, 0.29) is 0 Å². The second kappa shape index (κ2) is 3.84. The summed E-state index contributed by atoms with van der Waals surface area (Å²) < 4.78 is 61.2. The summed E-state index contributed by atoms with van der Waals surface area (Å²) in [4.78, 5) is -0.573. The first-order valence-electron chi connectivity index (χ1n) is 4.19. The molecule has 0 spiro atoms. The Labute approximate surface area is 85.6 Å².